The summed E-state index contributed by atoms with van der Waals surface area (Å²) < 4.78 is 36.1. The Morgan fingerprint density at radius 1 is 1.20 bits per heavy atom. The molecule has 1 aromatic carbocycles. The van der Waals surface area contributed by atoms with Gasteiger partial charge in [-0.1, -0.05) is 43.2 Å². The smallest absolute Gasteiger partial charge is 0.272 e. The van der Waals surface area contributed by atoms with Crippen molar-refractivity contribution >= 4 is 5.91 Å². The van der Waals surface area contributed by atoms with E-state index in [0.29, 0.717) is 12.8 Å². The minimum absolute atomic E-state index is 0.495. The van der Waals surface area contributed by atoms with Crippen molar-refractivity contribution in [3.05, 3.63) is 35.9 Å². The summed E-state index contributed by atoms with van der Waals surface area (Å²) in [5.41, 5.74) is 2.02. The van der Waals surface area contributed by atoms with Crippen molar-refractivity contribution in [1.82, 2.24) is 5.48 Å². The highest BCUT2D eigenvalue weighted by Gasteiger charge is 2.43. The van der Waals surface area contributed by atoms with Crippen LogP contribution in [0, 0.1) is 0 Å². The summed E-state index contributed by atoms with van der Waals surface area (Å²) in [5.74, 6) is -0.495. The lowest BCUT2D eigenvalue weighted by atomic mass is 9.78. The number of carbonyl (C=O) groups is 1. The van der Waals surface area contributed by atoms with Gasteiger partial charge < -0.3 is 0 Å². The van der Waals surface area contributed by atoms with Crippen molar-refractivity contribution in [2.24, 2.45) is 0 Å². The molecule has 1 N–H and O–H groups in total. The van der Waals surface area contributed by atoms with Crippen LogP contribution in [0.3, 0.4) is 0 Å². The molecule has 2 rings (SSSR count). The Kier molecular flexibility index (Phi) is 4.32. The highest BCUT2D eigenvalue weighted by molar-refractivity contribution is 5.87. The van der Waals surface area contributed by atoms with Crippen molar-refractivity contribution in [2.45, 2.75) is 37.3 Å². The van der Waals surface area contributed by atoms with Gasteiger partial charge in [-0.25, -0.2) is 5.48 Å². The number of amides is 1. The number of alkyl halides is 3. The van der Waals surface area contributed by atoms with Gasteiger partial charge in [-0.3, -0.25) is 9.63 Å². The van der Waals surface area contributed by atoms with E-state index in [4.69, 9.17) is 0 Å². The molecule has 0 heterocycles. The topological polar surface area (TPSA) is 38.3 Å². The maximum Gasteiger partial charge on any atom is 0.414 e. The number of hydrogen-bond donors (Lipinski definition) is 1. The van der Waals surface area contributed by atoms with Crippen molar-refractivity contribution in [2.75, 3.05) is 6.61 Å². The molecule has 0 radical (unpaired) electrons. The molecular weight excluding hydrogens is 271 g/mol. The fourth-order valence-corrected chi connectivity index (χ4v) is 2.66. The minimum atomic E-state index is -4.46. The molecule has 0 spiro atoms. The van der Waals surface area contributed by atoms with Crippen LogP contribution in [-0.4, -0.2) is 18.7 Å². The number of benzene rings is 1. The lowest BCUT2D eigenvalue weighted by Crippen LogP contribution is -2.43. The first-order chi connectivity index (χ1) is 9.44. The van der Waals surface area contributed by atoms with E-state index in [2.05, 4.69) is 4.84 Å². The molecule has 1 aliphatic rings. The van der Waals surface area contributed by atoms with Crippen molar-refractivity contribution in [3.8, 4) is 0 Å². The normalized spacial score (nSPS) is 17.9. The van der Waals surface area contributed by atoms with Crippen LogP contribution >= 0.6 is 0 Å². The summed E-state index contributed by atoms with van der Waals surface area (Å²) >= 11 is 0. The van der Waals surface area contributed by atoms with Crippen LogP contribution in [0.25, 0.3) is 0 Å². The van der Waals surface area contributed by atoms with Crippen LogP contribution in [0.2, 0.25) is 0 Å². The number of rotatable bonds is 4. The van der Waals surface area contributed by atoms with Gasteiger partial charge in [0.2, 0.25) is 0 Å². The number of halogens is 3. The largest absolute Gasteiger partial charge is 0.414 e. The molecule has 1 saturated carbocycles. The van der Waals surface area contributed by atoms with E-state index in [0.717, 1.165) is 18.4 Å². The quantitative estimate of drug-likeness (QED) is 0.864. The van der Waals surface area contributed by atoms with E-state index in [-0.39, 0.29) is 0 Å². The number of nitrogens with one attached hydrogen (secondary N) is 1. The fourth-order valence-electron chi connectivity index (χ4n) is 2.66. The van der Waals surface area contributed by atoms with Crippen LogP contribution < -0.4 is 5.48 Å². The molecule has 0 unspecified atom stereocenters. The third-order valence-electron chi connectivity index (χ3n) is 3.62. The Labute approximate surface area is 115 Å². The summed E-state index contributed by atoms with van der Waals surface area (Å²) in [4.78, 5) is 16.5. The zero-order chi connectivity index (χ0) is 14.6. The van der Waals surface area contributed by atoms with Crippen molar-refractivity contribution in [3.63, 3.8) is 0 Å². The summed E-state index contributed by atoms with van der Waals surface area (Å²) in [6, 6.07) is 9.13. The van der Waals surface area contributed by atoms with Crippen LogP contribution in [0.1, 0.15) is 31.2 Å². The molecule has 0 aliphatic heterocycles. The molecule has 3 nitrogen and oxygen atoms in total. The van der Waals surface area contributed by atoms with Crippen LogP contribution in [-0.2, 0) is 15.0 Å². The van der Waals surface area contributed by atoms with Gasteiger partial charge in [0.1, 0.15) is 0 Å². The average Bonchev–Trinajstić information content (AvgIpc) is 2.89. The van der Waals surface area contributed by atoms with Crippen molar-refractivity contribution < 1.29 is 22.8 Å². The summed E-state index contributed by atoms with van der Waals surface area (Å²) in [5, 5.41) is 0. The Morgan fingerprint density at radius 2 is 1.80 bits per heavy atom. The van der Waals surface area contributed by atoms with Crippen LogP contribution in [0.15, 0.2) is 30.3 Å². The Hall–Kier alpha value is -1.56. The van der Waals surface area contributed by atoms with E-state index < -0.39 is 24.1 Å². The SMILES string of the molecule is O=C(NOCC(F)(F)F)C1(c2ccccc2)CCCC1. The second kappa shape index (κ2) is 5.83. The van der Waals surface area contributed by atoms with Gasteiger partial charge in [0.15, 0.2) is 6.61 Å². The third kappa shape index (κ3) is 3.30. The van der Waals surface area contributed by atoms with Gasteiger partial charge >= 0.3 is 6.18 Å². The predicted octanol–water partition coefficient (Wildman–Crippen LogP) is 3.11. The van der Waals surface area contributed by atoms with Crippen LogP contribution in [0.4, 0.5) is 13.2 Å². The molecule has 1 aliphatic carbocycles. The minimum Gasteiger partial charge on any atom is -0.272 e. The molecule has 110 valence electrons. The first-order valence-electron chi connectivity index (χ1n) is 6.49. The maximum atomic E-state index is 12.3. The summed E-state index contributed by atoms with van der Waals surface area (Å²) in [6.45, 7) is -1.48. The van der Waals surface area contributed by atoms with E-state index in [1.807, 2.05) is 35.8 Å². The van der Waals surface area contributed by atoms with Gasteiger partial charge in [0.25, 0.3) is 5.91 Å². The van der Waals surface area contributed by atoms with Crippen molar-refractivity contribution in [1.29, 1.82) is 0 Å². The molecule has 1 aromatic rings. The zero-order valence-corrected chi connectivity index (χ0v) is 10.9. The summed E-state index contributed by atoms with van der Waals surface area (Å²) in [6.07, 6.45) is -1.46. The predicted molar refractivity (Wildman–Crippen MR) is 66.7 cm³/mol. The first-order valence-corrected chi connectivity index (χ1v) is 6.49. The fraction of sp³-hybridized carbons (Fsp3) is 0.500. The highest BCUT2D eigenvalue weighted by Crippen LogP contribution is 2.41. The second-order valence-electron chi connectivity index (χ2n) is 4.99. The Bertz CT molecular complexity index is 453. The highest BCUT2D eigenvalue weighted by atomic mass is 19.4. The standard InChI is InChI=1S/C14H16F3NO2/c15-14(16,17)10-20-18-12(19)13(8-4-5-9-13)11-6-2-1-3-7-11/h1-3,6-7H,4-5,8-10H2,(H,18,19). The molecule has 1 fully saturated rings. The molecule has 0 saturated heterocycles. The van der Waals surface area contributed by atoms with Gasteiger partial charge in [-0.2, -0.15) is 13.2 Å². The third-order valence-corrected chi connectivity index (χ3v) is 3.62. The van der Waals surface area contributed by atoms with Gasteiger partial charge in [-0.15, -0.1) is 0 Å². The van der Waals surface area contributed by atoms with Crippen LogP contribution in [0.5, 0.6) is 0 Å². The zero-order valence-electron chi connectivity index (χ0n) is 10.9. The van der Waals surface area contributed by atoms with E-state index in [9.17, 15) is 18.0 Å². The average molecular weight is 287 g/mol. The monoisotopic (exact) mass is 287 g/mol. The lowest BCUT2D eigenvalue weighted by Gasteiger charge is -2.28. The maximum absolute atomic E-state index is 12.3. The Balaban J connectivity index is 2.07. The molecule has 1 amide bonds. The number of carbonyl (C=O) groups excluding carboxylic acids is 1. The van der Waals surface area contributed by atoms with E-state index >= 15 is 0 Å². The molecule has 20 heavy (non-hydrogen) atoms. The van der Waals surface area contributed by atoms with Gasteiger partial charge in [0, 0.05) is 0 Å². The second-order valence-corrected chi connectivity index (χ2v) is 4.99. The van der Waals surface area contributed by atoms with E-state index in [1.54, 1.807) is 0 Å². The lowest BCUT2D eigenvalue weighted by molar-refractivity contribution is -0.193. The molecule has 0 aromatic heterocycles. The van der Waals surface area contributed by atoms with E-state index in [1.165, 1.54) is 0 Å². The Morgan fingerprint density at radius 3 is 2.35 bits per heavy atom. The van der Waals surface area contributed by atoms with Gasteiger partial charge in [0.05, 0.1) is 5.41 Å². The van der Waals surface area contributed by atoms with Gasteiger partial charge in [-0.05, 0) is 18.4 Å². The number of hydroxylamine groups is 1. The molecule has 0 atom stereocenters. The molecule has 0 bridgehead atoms. The summed E-state index contributed by atoms with van der Waals surface area (Å²) in [7, 11) is 0. The molecular formula is C14H16F3NO2. The molecule has 6 heteroatoms. The number of hydrogen-bond acceptors (Lipinski definition) is 2. The first kappa shape index (κ1) is 14.8.